The maximum Gasteiger partial charge on any atom is 0.163 e. The normalized spacial score (nSPS) is 17.4. The van der Waals surface area contributed by atoms with E-state index < -0.39 is 0 Å². The van der Waals surface area contributed by atoms with Crippen LogP contribution in [-0.4, -0.2) is 72.3 Å². The highest BCUT2D eigenvalue weighted by Gasteiger charge is 2.25. The summed E-state index contributed by atoms with van der Waals surface area (Å²) in [6, 6.07) is 14.0. The number of nitrogens with one attached hydrogen (secondary N) is 1. The van der Waals surface area contributed by atoms with E-state index in [2.05, 4.69) is 31.2 Å². The monoisotopic (exact) mass is 500 g/mol. The van der Waals surface area contributed by atoms with Crippen molar-refractivity contribution >= 4 is 22.4 Å². The molecule has 0 bridgehead atoms. The number of aromatic nitrogens is 2. The minimum Gasteiger partial charge on any atom is -0.493 e. The molecule has 3 heterocycles. The first-order chi connectivity index (χ1) is 18.2. The summed E-state index contributed by atoms with van der Waals surface area (Å²) in [6.07, 6.45) is 9.24. The molecule has 1 aromatic heterocycles. The fraction of sp³-hybridized carbons (Fsp3) is 0.483. The maximum atomic E-state index is 9.02. The first kappa shape index (κ1) is 25.2. The zero-order chi connectivity index (χ0) is 25.5. The van der Waals surface area contributed by atoms with Gasteiger partial charge in [0.25, 0.3) is 0 Å². The number of anilines is 2. The molecule has 2 fully saturated rings. The van der Waals surface area contributed by atoms with Gasteiger partial charge in [0.05, 0.1) is 30.9 Å². The molecule has 5 rings (SSSR count). The molecule has 0 amide bonds. The third kappa shape index (κ3) is 6.30. The van der Waals surface area contributed by atoms with Crippen molar-refractivity contribution in [2.24, 2.45) is 0 Å². The summed E-state index contributed by atoms with van der Waals surface area (Å²) in [5.41, 5.74) is 2.24. The zero-order valence-electron chi connectivity index (χ0n) is 21.7. The second-order valence-corrected chi connectivity index (χ2v) is 9.93. The number of rotatable bonds is 9. The van der Waals surface area contributed by atoms with Gasteiger partial charge in [-0.2, -0.15) is 5.26 Å². The van der Waals surface area contributed by atoms with Gasteiger partial charge in [-0.3, -0.25) is 0 Å². The Kier molecular flexibility index (Phi) is 8.34. The van der Waals surface area contributed by atoms with E-state index in [1.165, 1.54) is 64.6 Å². The minimum atomic E-state index is 0.614. The Labute approximate surface area is 219 Å². The van der Waals surface area contributed by atoms with Crippen molar-refractivity contribution in [3.63, 3.8) is 0 Å². The molecule has 0 aliphatic carbocycles. The Hall–Kier alpha value is -3.41. The van der Waals surface area contributed by atoms with E-state index in [1.807, 2.05) is 24.3 Å². The van der Waals surface area contributed by atoms with Crippen LogP contribution in [0.3, 0.4) is 0 Å². The molecule has 2 aromatic carbocycles. The first-order valence-electron chi connectivity index (χ1n) is 13.4. The van der Waals surface area contributed by atoms with Crippen LogP contribution in [0.15, 0.2) is 42.7 Å². The van der Waals surface area contributed by atoms with Gasteiger partial charge in [-0.1, -0.05) is 6.42 Å². The molecule has 194 valence electrons. The summed E-state index contributed by atoms with van der Waals surface area (Å²) in [4.78, 5) is 14.2. The lowest BCUT2D eigenvalue weighted by Crippen LogP contribution is -2.46. The van der Waals surface area contributed by atoms with E-state index in [4.69, 9.17) is 14.7 Å². The lowest BCUT2D eigenvalue weighted by atomic mass is 10.00. The van der Waals surface area contributed by atoms with Crippen LogP contribution in [0.5, 0.6) is 11.5 Å². The number of ether oxygens (including phenoxy) is 2. The minimum absolute atomic E-state index is 0.614. The van der Waals surface area contributed by atoms with E-state index in [9.17, 15) is 0 Å². The van der Waals surface area contributed by atoms with E-state index >= 15 is 0 Å². The number of hydrogen-bond donors (Lipinski definition) is 1. The summed E-state index contributed by atoms with van der Waals surface area (Å²) in [5.74, 6) is 2.03. The molecule has 0 radical (unpaired) electrons. The van der Waals surface area contributed by atoms with Crippen LogP contribution >= 0.6 is 0 Å². The number of nitrogens with zero attached hydrogens (tertiary/aromatic N) is 5. The van der Waals surface area contributed by atoms with Gasteiger partial charge in [-0.25, -0.2) is 9.97 Å². The summed E-state index contributed by atoms with van der Waals surface area (Å²) < 4.78 is 11.8. The van der Waals surface area contributed by atoms with Crippen molar-refractivity contribution in [2.45, 2.75) is 44.6 Å². The average molecular weight is 501 g/mol. The number of fused-ring (bicyclic) bond motifs is 1. The lowest BCUT2D eigenvalue weighted by molar-refractivity contribution is 0.0900. The van der Waals surface area contributed by atoms with Gasteiger partial charge in [-0.05, 0) is 88.6 Å². The summed E-state index contributed by atoms with van der Waals surface area (Å²) in [6.45, 7) is 6.66. The number of benzene rings is 2. The smallest absolute Gasteiger partial charge is 0.163 e. The Balaban J connectivity index is 1.16. The molecule has 2 aliphatic rings. The number of likely N-dealkylation sites (tertiary alicyclic amines) is 2. The van der Waals surface area contributed by atoms with Crippen molar-refractivity contribution in [1.82, 2.24) is 19.8 Å². The predicted octanol–water partition coefficient (Wildman–Crippen LogP) is 4.97. The topological polar surface area (TPSA) is 86.5 Å². The molecule has 8 nitrogen and oxygen atoms in total. The number of methoxy groups -OCH3 is 1. The summed E-state index contributed by atoms with van der Waals surface area (Å²) in [5, 5.41) is 13.2. The van der Waals surface area contributed by atoms with Crippen LogP contribution in [0.2, 0.25) is 0 Å². The average Bonchev–Trinajstić information content (AvgIpc) is 2.96. The van der Waals surface area contributed by atoms with Gasteiger partial charge >= 0.3 is 0 Å². The van der Waals surface area contributed by atoms with Crippen LogP contribution in [0.25, 0.3) is 10.9 Å². The number of piperidine rings is 2. The van der Waals surface area contributed by atoms with Crippen molar-refractivity contribution in [3.8, 4) is 17.6 Å². The molecular formula is C29H36N6O2. The van der Waals surface area contributed by atoms with Crippen LogP contribution in [0.1, 0.15) is 44.1 Å². The molecule has 8 heteroatoms. The Morgan fingerprint density at radius 3 is 2.51 bits per heavy atom. The molecule has 0 unspecified atom stereocenters. The predicted molar refractivity (Wildman–Crippen MR) is 146 cm³/mol. The molecule has 2 aliphatic heterocycles. The van der Waals surface area contributed by atoms with Gasteiger partial charge < -0.3 is 24.6 Å². The van der Waals surface area contributed by atoms with Gasteiger partial charge in [0.2, 0.25) is 0 Å². The first-order valence-corrected chi connectivity index (χ1v) is 13.4. The molecule has 0 saturated carbocycles. The standard InChI is InChI=1S/C29H36N6O2/c1-36-27-18-25-26(31-21-32-29(25)33-23-8-6-22(20-30)7-9-23)19-28(27)37-17-5-12-34-15-10-24(11-16-34)35-13-3-2-4-14-35/h6-9,18-19,21,24H,2-5,10-17H2,1H3,(H,31,32,33). The molecule has 1 N–H and O–H groups in total. The number of hydrogen-bond acceptors (Lipinski definition) is 8. The van der Waals surface area contributed by atoms with Crippen molar-refractivity contribution in [2.75, 3.05) is 51.8 Å². The van der Waals surface area contributed by atoms with Crippen LogP contribution in [0.4, 0.5) is 11.5 Å². The van der Waals surface area contributed by atoms with E-state index in [0.717, 1.165) is 35.6 Å². The third-order valence-electron chi connectivity index (χ3n) is 7.54. The van der Waals surface area contributed by atoms with Crippen molar-refractivity contribution in [3.05, 3.63) is 48.3 Å². The highest BCUT2D eigenvalue weighted by molar-refractivity contribution is 5.93. The fourth-order valence-corrected chi connectivity index (χ4v) is 5.46. The Morgan fingerprint density at radius 2 is 1.78 bits per heavy atom. The zero-order valence-corrected chi connectivity index (χ0v) is 21.7. The van der Waals surface area contributed by atoms with Crippen LogP contribution < -0.4 is 14.8 Å². The van der Waals surface area contributed by atoms with Crippen molar-refractivity contribution < 1.29 is 9.47 Å². The van der Waals surface area contributed by atoms with Crippen molar-refractivity contribution in [1.29, 1.82) is 5.26 Å². The van der Waals surface area contributed by atoms with Gasteiger partial charge in [0, 0.05) is 29.7 Å². The maximum absolute atomic E-state index is 9.02. The molecular weight excluding hydrogens is 464 g/mol. The molecule has 37 heavy (non-hydrogen) atoms. The molecule has 0 spiro atoms. The highest BCUT2D eigenvalue weighted by Crippen LogP contribution is 2.35. The van der Waals surface area contributed by atoms with Crippen LogP contribution in [-0.2, 0) is 0 Å². The summed E-state index contributed by atoms with van der Waals surface area (Å²) >= 11 is 0. The van der Waals surface area contributed by atoms with E-state index in [-0.39, 0.29) is 0 Å². The Bertz CT molecular complexity index is 1210. The lowest BCUT2D eigenvalue weighted by Gasteiger charge is -2.40. The molecule has 0 atom stereocenters. The van der Waals surface area contributed by atoms with Crippen LogP contribution in [0, 0.1) is 11.3 Å². The Morgan fingerprint density at radius 1 is 1.00 bits per heavy atom. The van der Waals surface area contributed by atoms with Gasteiger partial charge in [-0.15, -0.1) is 0 Å². The van der Waals surface area contributed by atoms with E-state index in [0.29, 0.717) is 29.5 Å². The third-order valence-corrected chi connectivity index (χ3v) is 7.54. The quantitative estimate of drug-likeness (QED) is 0.412. The second kappa shape index (κ2) is 12.2. The van der Waals surface area contributed by atoms with Gasteiger partial charge in [0.15, 0.2) is 11.5 Å². The largest absolute Gasteiger partial charge is 0.493 e. The fourth-order valence-electron chi connectivity index (χ4n) is 5.46. The SMILES string of the molecule is COc1cc2c(Nc3ccc(C#N)cc3)ncnc2cc1OCCCN1CCC(N2CCCCC2)CC1. The van der Waals surface area contributed by atoms with E-state index in [1.54, 1.807) is 19.2 Å². The second-order valence-electron chi connectivity index (χ2n) is 9.93. The molecule has 3 aromatic rings. The number of nitriles is 1. The molecule has 2 saturated heterocycles. The summed E-state index contributed by atoms with van der Waals surface area (Å²) in [7, 11) is 1.65. The highest BCUT2D eigenvalue weighted by atomic mass is 16.5. The van der Waals surface area contributed by atoms with Gasteiger partial charge in [0.1, 0.15) is 12.1 Å².